The summed E-state index contributed by atoms with van der Waals surface area (Å²) in [5.74, 6) is 0. The highest BCUT2D eigenvalue weighted by molar-refractivity contribution is 5.90. The molecule has 0 spiro atoms. The largest absolute Gasteiger partial charge is 1.00 e. The highest BCUT2D eigenvalue weighted by Crippen LogP contribution is 2.21. The molecule has 17 heavy (non-hydrogen) atoms. The smallest absolute Gasteiger partial charge is 0.214 e. The molecule has 0 fully saturated rings. The SMILES string of the molecule is CC[n+]1c(C)cc(N)c2cc(N)ccc21.Cl.[Cl-]. The van der Waals surface area contributed by atoms with Crippen molar-refractivity contribution in [3.8, 4) is 0 Å². The number of pyridine rings is 1. The monoisotopic (exact) mass is 273 g/mol. The molecule has 0 bridgehead atoms. The molecule has 1 aromatic heterocycles. The summed E-state index contributed by atoms with van der Waals surface area (Å²) in [4.78, 5) is 0. The Morgan fingerprint density at radius 2 is 1.82 bits per heavy atom. The van der Waals surface area contributed by atoms with Crippen molar-refractivity contribution in [1.29, 1.82) is 0 Å². The number of anilines is 2. The van der Waals surface area contributed by atoms with E-state index in [2.05, 4.69) is 18.4 Å². The molecule has 0 aliphatic rings. The molecule has 0 atom stereocenters. The summed E-state index contributed by atoms with van der Waals surface area (Å²) in [6.45, 7) is 5.13. The summed E-state index contributed by atoms with van der Waals surface area (Å²) in [7, 11) is 0. The molecular formula is C12H17Cl2N3. The first-order valence-electron chi connectivity index (χ1n) is 5.11. The molecule has 0 radical (unpaired) electrons. The fourth-order valence-electron chi connectivity index (χ4n) is 2.01. The van der Waals surface area contributed by atoms with E-state index in [1.807, 2.05) is 24.3 Å². The summed E-state index contributed by atoms with van der Waals surface area (Å²) in [5, 5.41) is 1.03. The Kier molecular flexibility index (Phi) is 5.52. The van der Waals surface area contributed by atoms with E-state index >= 15 is 0 Å². The molecule has 2 aromatic rings. The van der Waals surface area contributed by atoms with Crippen LogP contribution in [0.15, 0.2) is 24.3 Å². The lowest BCUT2D eigenvalue weighted by Crippen LogP contribution is -3.00. The van der Waals surface area contributed by atoms with Crippen LogP contribution in [-0.4, -0.2) is 0 Å². The first kappa shape index (κ1) is 15.8. The van der Waals surface area contributed by atoms with E-state index in [0.29, 0.717) is 0 Å². The van der Waals surface area contributed by atoms with Gasteiger partial charge in [-0.3, -0.25) is 0 Å². The second-order valence-corrected chi connectivity index (χ2v) is 3.76. The predicted molar refractivity (Wildman–Crippen MR) is 70.6 cm³/mol. The first-order valence-corrected chi connectivity index (χ1v) is 5.11. The number of rotatable bonds is 1. The third-order valence-electron chi connectivity index (χ3n) is 2.73. The Labute approximate surface area is 114 Å². The molecule has 0 amide bonds. The van der Waals surface area contributed by atoms with Crippen LogP contribution < -0.4 is 28.4 Å². The Morgan fingerprint density at radius 3 is 2.41 bits per heavy atom. The highest BCUT2D eigenvalue weighted by Gasteiger charge is 2.13. The predicted octanol–water partition coefficient (Wildman–Crippen LogP) is -0.954. The lowest BCUT2D eigenvalue weighted by molar-refractivity contribution is -0.673. The van der Waals surface area contributed by atoms with Crippen LogP contribution in [0.4, 0.5) is 11.4 Å². The quantitative estimate of drug-likeness (QED) is 0.520. The molecule has 0 saturated heterocycles. The number of nitrogens with two attached hydrogens (primary N) is 2. The Morgan fingerprint density at radius 1 is 1.18 bits per heavy atom. The van der Waals surface area contributed by atoms with E-state index in [4.69, 9.17) is 11.5 Å². The van der Waals surface area contributed by atoms with Crippen LogP contribution in [-0.2, 0) is 6.54 Å². The Hall–Kier alpha value is -1.19. The second kappa shape index (κ2) is 5.94. The van der Waals surface area contributed by atoms with E-state index in [1.165, 1.54) is 5.69 Å². The van der Waals surface area contributed by atoms with E-state index in [1.54, 1.807) is 0 Å². The number of fused-ring (bicyclic) bond motifs is 1. The van der Waals surface area contributed by atoms with Crippen molar-refractivity contribution >= 4 is 34.7 Å². The van der Waals surface area contributed by atoms with Gasteiger partial charge in [-0.05, 0) is 19.1 Å². The molecule has 2 rings (SSSR count). The van der Waals surface area contributed by atoms with Crippen LogP contribution in [0.2, 0.25) is 0 Å². The van der Waals surface area contributed by atoms with Gasteiger partial charge in [-0.2, -0.15) is 4.57 Å². The van der Waals surface area contributed by atoms with Crippen molar-refractivity contribution in [2.75, 3.05) is 11.5 Å². The molecule has 94 valence electrons. The number of nitrogens with zero attached hydrogens (tertiary/aromatic N) is 1. The number of halogens is 2. The molecule has 0 unspecified atom stereocenters. The van der Waals surface area contributed by atoms with Gasteiger partial charge in [-0.15, -0.1) is 12.4 Å². The Bertz CT molecular complexity index is 527. The summed E-state index contributed by atoms with van der Waals surface area (Å²) in [5.41, 5.74) is 15.6. The van der Waals surface area contributed by atoms with Gasteiger partial charge < -0.3 is 23.9 Å². The fraction of sp³-hybridized carbons (Fsp3) is 0.250. The third kappa shape index (κ3) is 2.73. The van der Waals surface area contributed by atoms with Crippen molar-refractivity contribution in [3.05, 3.63) is 30.0 Å². The van der Waals surface area contributed by atoms with E-state index in [-0.39, 0.29) is 24.8 Å². The minimum Gasteiger partial charge on any atom is -1.00 e. The Balaban J connectivity index is 0.00000128. The van der Waals surface area contributed by atoms with E-state index < -0.39 is 0 Å². The summed E-state index contributed by atoms with van der Waals surface area (Å²) in [6.07, 6.45) is 0. The zero-order chi connectivity index (χ0) is 11.0. The van der Waals surface area contributed by atoms with Crippen LogP contribution in [0.1, 0.15) is 12.6 Å². The van der Waals surface area contributed by atoms with Crippen LogP contribution in [0.3, 0.4) is 0 Å². The maximum Gasteiger partial charge on any atom is 0.214 e. The van der Waals surface area contributed by atoms with Gasteiger partial charge in [-0.25, -0.2) is 0 Å². The van der Waals surface area contributed by atoms with Gasteiger partial charge in [0.2, 0.25) is 5.52 Å². The second-order valence-electron chi connectivity index (χ2n) is 3.76. The highest BCUT2D eigenvalue weighted by atomic mass is 35.5. The zero-order valence-corrected chi connectivity index (χ0v) is 11.5. The van der Waals surface area contributed by atoms with Crippen molar-refractivity contribution < 1.29 is 17.0 Å². The van der Waals surface area contributed by atoms with Gasteiger partial charge in [0.15, 0.2) is 5.69 Å². The molecule has 3 nitrogen and oxygen atoms in total. The lowest BCUT2D eigenvalue weighted by Gasteiger charge is -2.05. The summed E-state index contributed by atoms with van der Waals surface area (Å²) in [6, 6.07) is 7.85. The number of hydrogen-bond donors (Lipinski definition) is 2. The fourth-order valence-corrected chi connectivity index (χ4v) is 2.01. The van der Waals surface area contributed by atoms with E-state index in [9.17, 15) is 0 Å². The van der Waals surface area contributed by atoms with Crippen LogP contribution in [0, 0.1) is 6.92 Å². The number of nitrogen functional groups attached to an aromatic ring is 2. The van der Waals surface area contributed by atoms with Gasteiger partial charge in [0, 0.05) is 24.7 Å². The zero-order valence-electron chi connectivity index (χ0n) is 9.90. The van der Waals surface area contributed by atoms with Gasteiger partial charge in [0.1, 0.15) is 6.54 Å². The molecule has 0 aliphatic carbocycles. The number of aryl methyl sites for hydroxylation is 2. The van der Waals surface area contributed by atoms with Crippen LogP contribution in [0.5, 0.6) is 0 Å². The maximum atomic E-state index is 5.98. The molecule has 5 heteroatoms. The van der Waals surface area contributed by atoms with Crippen LogP contribution >= 0.6 is 12.4 Å². The lowest BCUT2D eigenvalue weighted by atomic mass is 10.1. The van der Waals surface area contributed by atoms with Gasteiger partial charge in [0.25, 0.3) is 0 Å². The van der Waals surface area contributed by atoms with Gasteiger partial charge in [0.05, 0.1) is 11.1 Å². The van der Waals surface area contributed by atoms with Gasteiger partial charge in [-0.1, -0.05) is 0 Å². The molecular weight excluding hydrogens is 257 g/mol. The standard InChI is InChI=1S/C12H15N3.2ClH/c1-3-15-8(2)6-11(14)10-7-9(13)4-5-12(10)15;;/h4-7,14H,3,13H2,1-2H3;2*1H. The van der Waals surface area contributed by atoms with E-state index in [0.717, 1.165) is 28.8 Å². The topological polar surface area (TPSA) is 55.9 Å². The van der Waals surface area contributed by atoms with Crippen molar-refractivity contribution in [1.82, 2.24) is 0 Å². The molecule has 1 aromatic carbocycles. The molecule has 4 N–H and O–H groups in total. The first-order chi connectivity index (χ1) is 7.13. The number of aromatic nitrogens is 1. The van der Waals surface area contributed by atoms with Gasteiger partial charge >= 0.3 is 0 Å². The average Bonchev–Trinajstić information content (AvgIpc) is 2.19. The number of hydrogen-bond acceptors (Lipinski definition) is 2. The van der Waals surface area contributed by atoms with Crippen molar-refractivity contribution in [3.63, 3.8) is 0 Å². The summed E-state index contributed by atoms with van der Waals surface area (Å²) >= 11 is 0. The minimum atomic E-state index is 0. The molecule has 1 heterocycles. The normalized spacial score (nSPS) is 9.53. The van der Waals surface area contributed by atoms with Crippen molar-refractivity contribution in [2.24, 2.45) is 0 Å². The summed E-state index contributed by atoms with van der Waals surface area (Å²) < 4.78 is 2.23. The number of benzene rings is 1. The van der Waals surface area contributed by atoms with Crippen LogP contribution in [0.25, 0.3) is 10.9 Å². The minimum absolute atomic E-state index is 0. The third-order valence-corrected chi connectivity index (χ3v) is 2.73. The molecule has 0 saturated carbocycles. The maximum absolute atomic E-state index is 5.98. The average molecular weight is 274 g/mol. The van der Waals surface area contributed by atoms with Crippen molar-refractivity contribution in [2.45, 2.75) is 20.4 Å². The molecule has 0 aliphatic heterocycles.